The molecule has 1 aliphatic carbocycles. The van der Waals surface area contributed by atoms with Crippen molar-refractivity contribution < 1.29 is 5.11 Å². The van der Waals surface area contributed by atoms with Gasteiger partial charge in [0.15, 0.2) is 0 Å². The van der Waals surface area contributed by atoms with Crippen molar-refractivity contribution in [1.29, 1.82) is 0 Å². The molecule has 0 aromatic heterocycles. The monoisotopic (exact) mass is 181 g/mol. The van der Waals surface area contributed by atoms with Crippen LogP contribution in [0.5, 0.6) is 0 Å². The Bertz CT molecular complexity index is 185. The predicted molar refractivity (Wildman–Crippen MR) is 54.3 cm³/mol. The Morgan fingerprint density at radius 3 is 2.77 bits per heavy atom. The lowest BCUT2D eigenvalue weighted by Crippen LogP contribution is -2.43. The van der Waals surface area contributed by atoms with E-state index in [4.69, 9.17) is 6.42 Å². The van der Waals surface area contributed by atoms with Crippen molar-refractivity contribution in [3.8, 4) is 12.3 Å². The van der Waals surface area contributed by atoms with E-state index in [0.717, 1.165) is 25.8 Å². The standard InChI is InChI=1S/C11H19NO/c1-3-4-9-12(2)10-7-5-6-8-11(10)13/h1,10-11,13H,4-9H2,2H3. The molecule has 0 aromatic rings. The summed E-state index contributed by atoms with van der Waals surface area (Å²) < 4.78 is 0. The van der Waals surface area contributed by atoms with Crippen molar-refractivity contribution in [3.05, 3.63) is 0 Å². The highest BCUT2D eigenvalue weighted by Gasteiger charge is 2.25. The number of terminal acetylenes is 1. The molecule has 0 radical (unpaired) electrons. The quantitative estimate of drug-likeness (QED) is 0.662. The normalized spacial score (nSPS) is 28.8. The second-order valence-corrected chi connectivity index (χ2v) is 3.85. The molecule has 0 amide bonds. The maximum atomic E-state index is 9.75. The molecule has 2 atom stereocenters. The van der Waals surface area contributed by atoms with Crippen LogP contribution in [0.15, 0.2) is 0 Å². The maximum Gasteiger partial charge on any atom is 0.0695 e. The van der Waals surface area contributed by atoms with Crippen LogP contribution >= 0.6 is 0 Å². The van der Waals surface area contributed by atoms with Crippen LogP contribution < -0.4 is 0 Å². The number of rotatable bonds is 3. The number of aliphatic hydroxyl groups excluding tert-OH is 1. The third-order valence-corrected chi connectivity index (χ3v) is 2.87. The van der Waals surface area contributed by atoms with Crippen molar-refractivity contribution in [2.75, 3.05) is 13.6 Å². The third-order valence-electron chi connectivity index (χ3n) is 2.87. The van der Waals surface area contributed by atoms with Crippen LogP contribution in [0.1, 0.15) is 32.1 Å². The number of likely N-dealkylation sites (N-methyl/N-ethyl adjacent to an activating group) is 1. The van der Waals surface area contributed by atoms with Crippen molar-refractivity contribution >= 4 is 0 Å². The van der Waals surface area contributed by atoms with Crippen molar-refractivity contribution in [1.82, 2.24) is 4.90 Å². The van der Waals surface area contributed by atoms with Gasteiger partial charge in [-0.15, -0.1) is 12.3 Å². The third kappa shape index (κ3) is 3.02. The summed E-state index contributed by atoms with van der Waals surface area (Å²) in [4.78, 5) is 2.20. The fraction of sp³-hybridized carbons (Fsp3) is 0.818. The Morgan fingerprint density at radius 1 is 1.46 bits per heavy atom. The van der Waals surface area contributed by atoms with Gasteiger partial charge in [-0.2, -0.15) is 0 Å². The molecule has 2 nitrogen and oxygen atoms in total. The molecule has 1 aliphatic rings. The minimum absolute atomic E-state index is 0.142. The summed E-state index contributed by atoms with van der Waals surface area (Å²) in [6.45, 7) is 0.901. The van der Waals surface area contributed by atoms with Gasteiger partial charge in [0.2, 0.25) is 0 Å². The van der Waals surface area contributed by atoms with Gasteiger partial charge < -0.3 is 5.11 Å². The number of nitrogens with zero attached hydrogens (tertiary/aromatic N) is 1. The zero-order valence-corrected chi connectivity index (χ0v) is 8.37. The van der Waals surface area contributed by atoms with E-state index in [1.54, 1.807) is 0 Å². The van der Waals surface area contributed by atoms with Gasteiger partial charge in [0.25, 0.3) is 0 Å². The van der Waals surface area contributed by atoms with Gasteiger partial charge in [-0.25, -0.2) is 0 Å². The molecule has 13 heavy (non-hydrogen) atoms. The first-order valence-corrected chi connectivity index (χ1v) is 5.07. The first-order valence-electron chi connectivity index (χ1n) is 5.07. The summed E-state index contributed by atoms with van der Waals surface area (Å²) in [7, 11) is 2.05. The summed E-state index contributed by atoms with van der Waals surface area (Å²) in [5.41, 5.74) is 0. The van der Waals surface area contributed by atoms with Crippen LogP contribution in [0.25, 0.3) is 0 Å². The van der Waals surface area contributed by atoms with E-state index in [1.807, 2.05) is 0 Å². The smallest absolute Gasteiger partial charge is 0.0695 e. The van der Waals surface area contributed by atoms with Gasteiger partial charge in [0.1, 0.15) is 0 Å². The van der Waals surface area contributed by atoms with Gasteiger partial charge in [-0.05, 0) is 19.9 Å². The molecule has 1 saturated carbocycles. The second kappa shape index (κ2) is 5.26. The Kier molecular flexibility index (Phi) is 4.27. The highest BCUT2D eigenvalue weighted by Crippen LogP contribution is 2.22. The van der Waals surface area contributed by atoms with E-state index in [2.05, 4.69) is 17.9 Å². The highest BCUT2D eigenvalue weighted by molar-refractivity contribution is 4.87. The Morgan fingerprint density at radius 2 is 2.15 bits per heavy atom. The van der Waals surface area contributed by atoms with Gasteiger partial charge >= 0.3 is 0 Å². The molecular weight excluding hydrogens is 162 g/mol. The lowest BCUT2D eigenvalue weighted by molar-refractivity contribution is 0.0332. The molecule has 0 heterocycles. The van der Waals surface area contributed by atoms with Crippen molar-refractivity contribution in [2.45, 2.75) is 44.2 Å². The fourth-order valence-corrected chi connectivity index (χ4v) is 2.01. The zero-order valence-electron chi connectivity index (χ0n) is 8.37. The van der Waals surface area contributed by atoms with E-state index in [0.29, 0.717) is 6.04 Å². The Labute approximate surface area is 80.9 Å². The van der Waals surface area contributed by atoms with Gasteiger partial charge in [0.05, 0.1) is 6.10 Å². The lowest BCUT2D eigenvalue weighted by Gasteiger charge is -2.34. The molecule has 2 heteroatoms. The van der Waals surface area contributed by atoms with Crippen molar-refractivity contribution in [2.24, 2.45) is 0 Å². The minimum atomic E-state index is -0.142. The summed E-state index contributed by atoms with van der Waals surface area (Å²) >= 11 is 0. The average molecular weight is 181 g/mol. The van der Waals surface area contributed by atoms with Gasteiger partial charge in [0, 0.05) is 19.0 Å². The van der Waals surface area contributed by atoms with E-state index < -0.39 is 0 Å². The number of hydrogen-bond acceptors (Lipinski definition) is 2. The molecule has 0 saturated heterocycles. The summed E-state index contributed by atoms with van der Waals surface area (Å²) in [6, 6.07) is 0.335. The van der Waals surface area contributed by atoms with Crippen LogP contribution in [-0.4, -0.2) is 35.7 Å². The SMILES string of the molecule is C#CCCN(C)C1CCCCC1O. The van der Waals surface area contributed by atoms with E-state index in [1.165, 1.54) is 12.8 Å². The summed E-state index contributed by atoms with van der Waals surface area (Å²) in [5, 5.41) is 9.75. The van der Waals surface area contributed by atoms with E-state index in [-0.39, 0.29) is 6.10 Å². The Hall–Kier alpha value is -0.520. The van der Waals surface area contributed by atoms with Crippen LogP contribution in [0.3, 0.4) is 0 Å². The van der Waals surface area contributed by atoms with Crippen LogP contribution in [0.4, 0.5) is 0 Å². The summed E-state index contributed by atoms with van der Waals surface area (Å²) in [6.07, 6.45) is 10.3. The molecule has 1 fully saturated rings. The molecule has 74 valence electrons. The largest absolute Gasteiger partial charge is 0.391 e. The molecule has 0 spiro atoms. The van der Waals surface area contributed by atoms with Crippen LogP contribution in [0, 0.1) is 12.3 Å². The average Bonchev–Trinajstić information content (AvgIpc) is 2.15. The van der Waals surface area contributed by atoms with E-state index in [9.17, 15) is 5.11 Å². The van der Waals surface area contributed by atoms with Gasteiger partial charge in [-0.3, -0.25) is 4.90 Å². The molecule has 2 unspecified atom stereocenters. The fourth-order valence-electron chi connectivity index (χ4n) is 2.01. The molecule has 0 aromatic carbocycles. The first-order chi connectivity index (χ1) is 6.25. The topological polar surface area (TPSA) is 23.5 Å². The van der Waals surface area contributed by atoms with E-state index >= 15 is 0 Å². The number of aliphatic hydroxyl groups is 1. The number of hydrogen-bond donors (Lipinski definition) is 1. The molecule has 0 aliphatic heterocycles. The maximum absolute atomic E-state index is 9.75. The lowest BCUT2D eigenvalue weighted by atomic mass is 9.91. The highest BCUT2D eigenvalue weighted by atomic mass is 16.3. The molecule has 0 bridgehead atoms. The van der Waals surface area contributed by atoms with Gasteiger partial charge in [-0.1, -0.05) is 12.8 Å². The second-order valence-electron chi connectivity index (χ2n) is 3.85. The molecule has 1 N–H and O–H groups in total. The van der Waals surface area contributed by atoms with Crippen molar-refractivity contribution in [3.63, 3.8) is 0 Å². The summed E-state index contributed by atoms with van der Waals surface area (Å²) in [5.74, 6) is 2.63. The van der Waals surface area contributed by atoms with Crippen LogP contribution in [-0.2, 0) is 0 Å². The van der Waals surface area contributed by atoms with Crippen LogP contribution in [0.2, 0.25) is 0 Å². The first kappa shape index (κ1) is 10.6. The predicted octanol–water partition coefficient (Wildman–Crippen LogP) is 1.25. The molecule has 1 rings (SSSR count). The minimum Gasteiger partial charge on any atom is -0.391 e. The zero-order chi connectivity index (χ0) is 9.68. The molecular formula is C11H19NO. The Balaban J connectivity index is 2.35.